The van der Waals surface area contributed by atoms with Crippen LogP contribution in [0.4, 0.5) is 0 Å². The van der Waals surface area contributed by atoms with Crippen molar-refractivity contribution in [3.05, 3.63) is 35.4 Å². The first-order chi connectivity index (χ1) is 13.1. The van der Waals surface area contributed by atoms with Gasteiger partial charge in [0.25, 0.3) is 0 Å². The molecule has 27 heavy (non-hydrogen) atoms. The molecule has 0 aromatic heterocycles. The fraction of sp³-hybridized carbons (Fsp3) is 0.619. The van der Waals surface area contributed by atoms with Gasteiger partial charge >= 0.3 is 5.97 Å². The number of piperidine rings is 2. The van der Waals surface area contributed by atoms with E-state index in [2.05, 4.69) is 47.0 Å². The Morgan fingerprint density at radius 1 is 1.04 bits per heavy atom. The topological polar surface area (TPSA) is 83.0 Å². The lowest BCUT2D eigenvalue weighted by atomic mass is 9.88. The van der Waals surface area contributed by atoms with E-state index in [0.29, 0.717) is 12.5 Å². The van der Waals surface area contributed by atoms with Gasteiger partial charge in [-0.2, -0.15) is 0 Å². The molecule has 3 rings (SSSR count). The van der Waals surface area contributed by atoms with E-state index in [1.807, 2.05) is 6.92 Å². The number of nitrogens with one attached hydrogen (secondary N) is 2. The van der Waals surface area contributed by atoms with Crippen molar-refractivity contribution in [2.24, 2.45) is 17.0 Å². The van der Waals surface area contributed by atoms with Crippen LogP contribution in [0.15, 0.2) is 29.4 Å². The number of carboxylic acid groups (broad SMARTS) is 1. The number of hydrogen-bond acceptors (Lipinski definition) is 5. The number of carbonyl (C=O) groups is 1. The summed E-state index contributed by atoms with van der Waals surface area (Å²) in [5.74, 6) is -0.219. The number of oxime groups is 1. The largest absolute Gasteiger partial charge is 0.481 e. The van der Waals surface area contributed by atoms with Gasteiger partial charge in [0.15, 0.2) is 0 Å². The van der Waals surface area contributed by atoms with E-state index in [0.717, 1.165) is 57.6 Å². The monoisotopic (exact) mass is 375 g/mol. The normalized spacial score (nSPS) is 19.1. The molecule has 150 valence electrons. The third-order valence-electron chi connectivity index (χ3n) is 5.05. The summed E-state index contributed by atoms with van der Waals surface area (Å²) in [7, 11) is 0. The Morgan fingerprint density at radius 3 is 2.00 bits per heavy atom. The molecular formula is C21H33N3O3. The fourth-order valence-electron chi connectivity index (χ4n) is 3.39. The van der Waals surface area contributed by atoms with Gasteiger partial charge in [-0.3, -0.25) is 4.79 Å². The Kier molecular flexibility index (Phi) is 9.28. The van der Waals surface area contributed by atoms with Gasteiger partial charge in [0.1, 0.15) is 6.61 Å². The summed E-state index contributed by atoms with van der Waals surface area (Å²) in [5.41, 5.74) is 3.58. The molecule has 0 unspecified atom stereocenters. The lowest BCUT2D eigenvalue weighted by Crippen LogP contribution is -2.32. The van der Waals surface area contributed by atoms with Gasteiger partial charge in [-0.1, -0.05) is 35.0 Å². The summed E-state index contributed by atoms with van der Waals surface area (Å²) in [6.45, 7) is 8.56. The molecule has 0 saturated carbocycles. The Morgan fingerprint density at radius 2 is 1.56 bits per heavy atom. The Bertz CT molecular complexity index is 589. The molecule has 0 aliphatic carbocycles. The number of hydrogen-bond donors (Lipinski definition) is 3. The lowest BCUT2D eigenvalue weighted by Gasteiger charge is -2.24. The minimum Gasteiger partial charge on any atom is -0.481 e. The maximum atomic E-state index is 10.3. The Hall–Kier alpha value is -1.92. The number of nitrogens with zero attached hydrogens (tertiary/aromatic N) is 1. The number of carboxylic acids is 1. The van der Waals surface area contributed by atoms with E-state index in [4.69, 9.17) is 9.94 Å². The van der Waals surface area contributed by atoms with Crippen LogP contribution in [0, 0.1) is 18.8 Å². The average molecular weight is 376 g/mol. The van der Waals surface area contributed by atoms with Crippen LogP contribution < -0.4 is 10.6 Å². The molecule has 0 bridgehead atoms. The van der Waals surface area contributed by atoms with Gasteiger partial charge in [0, 0.05) is 5.92 Å². The standard InChI is InChI=1S/C15H22N2O.C6H11NO2/c1-3-18-17-15(14-8-10-16-11-9-14)13-6-4-12(2)5-7-13;8-6(9)5-1-3-7-4-2-5/h4-7,14,16H,3,8-11H2,1-2H3;5,7H,1-4H2,(H,8,9). The van der Waals surface area contributed by atoms with Crippen molar-refractivity contribution < 1.29 is 14.7 Å². The molecule has 6 heteroatoms. The van der Waals surface area contributed by atoms with Crippen molar-refractivity contribution in [1.29, 1.82) is 0 Å². The summed E-state index contributed by atoms with van der Waals surface area (Å²) >= 11 is 0. The molecule has 2 heterocycles. The van der Waals surface area contributed by atoms with E-state index in [-0.39, 0.29) is 5.92 Å². The van der Waals surface area contributed by atoms with Crippen LogP contribution in [0.5, 0.6) is 0 Å². The van der Waals surface area contributed by atoms with E-state index in [1.165, 1.54) is 11.1 Å². The number of aryl methyl sites for hydroxylation is 1. The third kappa shape index (κ3) is 7.31. The average Bonchev–Trinajstić information content (AvgIpc) is 2.71. The molecule has 2 fully saturated rings. The minimum absolute atomic E-state index is 0.0914. The second-order valence-electron chi connectivity index (χ2n) is 7.15. The third-order valence-corrected chi connectivity index (χ3v) is 5.05. The molecular weight excluding hydrogens is 342 g/mol. The summed E-state index contributed by atoms with van der Waals surface area (Å²) in [5, 5.41) is 19.4. The Labute approximate surface area is 162 Å². The molecule has 2 aliphatic heterocycles. The fourth-order valence-corrected chi connectivity index (χ4v) is 3.39. The lowest BCUT2D eigenvalue weighted by molar-refractivity contribution is -0.142. The van der Waals surface area contributed by atoms with Crippen molar-refractivity contribution in [3.8, 4) is 0 Å². The van der Waals surface area contributed by atoms with Crippen LogP contribution in [-0.2, 0) is 9.63 Å². The second kappa shape index (κ2) is 11.7. The number of aliphatic carboxylic acids is 1. The molecule has 2 saturated heterocycles. The van der Waals surface area contributed by atoms with Crippen molar-refractivity contribution in [2.45, 2.75) is 39.5 Å². The number of rotatable bonds is 5. The van der Waals surface area contributed by atoms with Gasteiger partial charge in [-0.25, -0.2) is 0 Å². The first-order valence-electron chi connectivity index (χ1n) is 10.0. The van der Waals surface area contributed by atoms with Gasteiger partial charge in [0.05, 0.1) is 11.6 Å². The van der Waals surface area contributed by atoms with Crippen molar-refractivity contribution in [3.63, 3.8) is 0 Å². The predicted octanol–water partition coefficient (Wildman–Crippen LogP) is 2.81. The number of benzene rings is 1. The zero-order chi connectivity index (χ0) is 19.5. The molecule has 0 atom stereocenters. The van der Waals surface area contributed by atoms with E-state index >= 15 is 0 Å². The van der Waals surface area contributed by atoms with Crippen molar-refractivity contribution in [2.75, 3.05) is 32.8 Å². The van der Waals surface area contributed by atoms with E-state index < -0.39 is 5.97 Å². The molecule has 0 spiro atoms. The van der Waals surface area contributed by atoms with Crippen LogP contribution >= 0.6 is 0 Å². The summed E-state index contributed by atoms with van der Waals surface area (Å²) in [6.07, 6.45) is 3.85. The first kappa shape index (κ1) is 21.4. The second-order valence-corrected chi connectivity index (χ2v) is 7.15. The molecule has 0 amide bonds. The summed E-state index contributed by atoms with van der Waals surface area (Å²) < 4.78 is 0. The van der Waals surface area contributed by atoms with Gasteiger partial charge in [-0.05, 0) is 71.3 Å². The summed E-state index contributed by atoms with van der Waals surface area (Å²) in [6, 6.07) is 8.57. The molecule has 2 aliphatic rings. The van der Waals surface area contributed by atoms with Crippen LogP contribution in [0.3, 0.4) is 0 Å². The van der Waals surface area contributed by atoms with E-state index in [9.17, 15) is 4.79 Å². The quantitative estimate of drug-likeness (QED) is 0.544. The highest BCUT2D eigenvalue weighted by Crippen LogP contribution is 2.20. The molecule has 3 N–H and O–H groups in total. The Balaban J connectivity index is 0.000000244. The van der Waals surface area contributed by atoms with Crippen LogP contribution in [0.2, 0.25) is 0 Å². The smallest absolute Gasteiger partial charge is 0.306 e. The highest BCUT2D eigenvalue weighted by Gasteiger charge is 2.21. The maximum Gasteiger partial charge on any atom is 0.306 e. The SMILES string of the molecule is CCON=C(c1ccc(C)cc1)C1CCNCC1.O=C(O)C1CCNCC1. The van der Waals surface area contributed by atoms with Gasteiger partial charge < -0.3 is 20.6 Å². The van der Waals surface area contributed by atoms with Crippen molar-refractivity contribution in [1.82, 2.24) is 10.6 Å². The first-order valence-corrected chi connectivity index (χ1v) is 10.0. The predicted molar refractivity (Wildman–Crippen MR) is 108 cm³/mol. The van der Waals surface area contributed by atoms with E-state index in [1.54, 1.807) is 0 Å². The van der Waals surface area contributed by atoms with Crippen LogP contribution in [-0.4, -0.2) is 49.6 Å². The zero-order valence-corrected chi connectivity index (χ0v) is 16.5. The molecule has 6 nitrogen and oxygen atoms in total. The highest BCUT2D eigenvalue weighted by molar-refractivity contribution is 6.02. The zero-order valence-electron chi connectivity index (χ0n) is 16.5. The van der Waals surface area contributed by atoms with Crippen molar-refractivity contribution >= 4 is 11.7 Å². The molecule has 0 radical (unpaired) electrons. The molecule has 1 aromatic carbocycles. The summed E-state index contributed by atoms with van der Waals surface area (Å²) in [4.78, 5) is 15.6. The molecule has 1 aromatic rings. The van der Waals surface area contributed by atoms with Gasteiger partial charge in [-0.15, -0.1) is 0 Å². The van der Waals surface area contributed by atoms with Crippen LogP contribution in [0.1, 0.15) is 43.7 Å². The van der Waals surface area contributed by atoms with Crippen LogP contribution in [0.25, 0.3) is 0 Å². The minimum atomic E-state index is -0.642. The maximum absolute atomic E-state index is 10.3. The highest BCUT2D eigenvalue weighted by atomic mass is 16.6. The van der Waals surface area contributed by atoms with Gasteiger partial charge in [0.2, 0.25) is 0 Å².